The Bertz CT molecular complexity index is 283. The molecule has 2 aliphatic rings. The van der Waals surface area contributed by atoms with Gasteiger partial charge in [-0.1, -0.05) is 32.1 Å². The van der Waals surface area contributed by atoms with Gasteiger partial charge in [-0.3, -0.25) is 4.79 Å². The van der Waals surface area contributed by atoms with Crippen LogP contribution in [0.5, 0.6) is 0 Å². The van der Waals surface area contributed by atoms with Crippen LogP contribution in [-0.2, 0) is 9.53 Å². The van der Waals surface area contributed by atoms with E-state index >= 15 is 0 Å². The highest BCUT2D eigenvalue weighted by Crippen LogP contribution is 2.22. The number of piperidine rings is 1. The zero-order valence-electron chi connectivity index (χ0n) is 13.4. The number of carbonyl (C=O) groups excluding carboxylic acids is 1. The molecule has 21 heavy (non-hydrogen) atoms. The number of amides is 1. The van der Waals surface area contributed by atoms with Gasteiger partial charge in [0, 0.05) is 19.1 Å². The van der Waals surface area contributed by atoms with E-state index in [1.807, 2.05) is 0 Å². The monoisotopic (exact) mass is 296 g/mol. The minimum absolute atomic E-state index is 0.260. The smallest absolute Gasteiger partial charge is 0.223 e. The Balaban J connectivity index is 1.51. The predicted molar refractivity (Wildman–Crippen MR) is 85.3 cm³/mol. The SMILES string of the molecule is O=C(NCCCOC1CCNCC1)C1CCCCCCC1. The molecule has 1 aliphatic carbocycles. The number of carbonyl (C=O) groups is 1. The zero-order chi connectivity index (χ0) is 14.8. The van der Waals surface area contributed by atoms with Crippen molar-refractivity contribution in [1.29, 1.82) is 0 Å². The minimum atomic E-state index is 0.260. The topological polar surface area (TPSA) is 50.4 Å². The largest absolute Gasteiger partial charge is 0.378 e. The fourth-order valence-electron chi connectivity index (χ4n) is 3.36. The van der Waals surface area contributed by atoms with E-state index in [1.165, 1.54) is 32.1 Å². The van der Waals surface area contributed by atoms with Crippen molar-refractivity contribution >= 4 is 5.91 Å². The summed E-state index contributed by atoms with van der Waals surface area (Å²) in [6, 6.07) is 0. The highest BCUT2D eigenvalue weighted by atomic mass is 16.5. The second-order valence-electron chi connectivity index (χ2n) is 6.51. The molecule has 0 unspecified atom stereocenters. The van der Waals surface area contributed by atoms with Crippen LogP contribution < -0.4 is 10.6 Å². The number of nitrogens with one attached hydrogen (secondary N) is 2. The molecule has 2 rings (SSSR count). The summed E-state index contributed by atoms with van der Waals surface area (Å²) in [4.78, 5) is 12.2. The van der Waals surface area contributed by atoms with E-state index in [0.29, 0.717) is 6.10 Å². The Morgan fingerprint density at radius 2 is 1.67 bits per heavy atom. The fraction of sp³-hybridized carbons (Fsp3) is 0.941. The van der Waals surface area contributed by atoms with Crippen LogP contribution in [0.4, 0.5) is 0 Å². The molecule has 0 atom stereocenters. The van der Waals surface area contributed by atoms with Gasteiger partial charge >= 0.3 is 0 Å². The fourth-order valence-corrected chi connectivity index (χ4v) is 3.36. The number of ether oxygens (including phenoxy) is 1. The highest BCUT2D eigenvalue weighted by molar-refractivity contribution is 5.78. The maximum Gasteiger partial charge on any atom is 0.223 e. The summed E-state index contributed by atoms with van der Waals surface area (Å²) < 4.78 is 5.86. The van der Waals surface area contributed by atoms with Crippen LogP contribution in [0.1, 0.15) is 64.2 Å². The van der Waals surface area contributed by atoms with Crippen LogP contribution in [0.25, 0.3) is 0 Å². The molecule has 2 N–H and O–H groups in total. The molecule has 0 aromatic carbocycles. The van der Waals surface area contributed by atoms with Gasteiger partial charge in [0.2, 0.25) is 5.91 Å². The summed E-state index contributed by atoms with van der Waals surface area (Å²) in [6.45, 7) is 3.68. The van der Waals surface area contributed by atoms with Crippen molar-refractivity contribution in [2.24, 2.45) is 5.92 Å². The van der Waals surface area contributed by atoms with Gasteiger partial charge in [-0.15, -0.1) is 0 Å². The zero-order valence-corrected chi connectivity index (χ0v) is 13.4. The number of hydrogen-bond donors (Lipinski definition) is 2. The van der Waals surface area contributed by atoms with Crippen LogP contribution in [0, 0.1) is 5.92 Å². The molecule has 0 bridgehead atoms. The molecule has 1 aliphatic heterocycles. The molecule has 0 radical (unpaired) electrons. The first-order valence-corrected chi connectivity index (χ1v) is 8.96. The van der Waals surface area contributed by atoms with Crippen molar-refractivity contribution in [3.63, 3.8) is 0 Å². The Hall–Kier alpha value is -0.610. The third-order valence-corrected chi connectivity index (χ3v) is 4.74. The third kappa shape index (κ3) is 6.79. The van der Waals surface area contributed by atoms with Gasteiger partial charge in [-0.2, -0.15) is 0 Å². The van der Waals surface area contributed by atoms with Crippen LogP contribution >= 0.6 is 0 Å². The van der Waals surface area contributed by atoms with Gasteiger partial charge in [0.15, 0.2) is 0 Å². The van der Waals surface area contributed by atoms with Gasteiger partial charge in [0.1, 0.15) is 0 Å². The van der Waals surface area contributed by atoms with Gasteiger partial charge < -0.3 is 15.4 Å². The van der Waals surface area contributed by atoms with E-state index in [0.717, 1.165) is 58.3 Å². The van der Waals surface area contributed by atoms with Gasteiger partial charge in [0.25, 0.3) is 0 Å². The molecular formula is C17H32N2O2. The molecule has 0 spiro atoms. The second kappa shape index (κ2) is 10.2. The van der Waals surface area contributed by atoms with E-state index in [1.54, 1.807) is 0 Å². The van der Waals surface area contributed by atoms with Crippen molar-refractivity contribution < 1.29 is 9.53 Å². The molecule has 4 heteroatoms. The number of rotatable bonds is 6. The lowest BCUT2D eigenvalue weighted by atomic mass is 9.90. The highest BCUT2D eigenvalue weighted by Gasteiger charge is 2.18. The van der Waals surface area contributed by atoms with Crippen LogP contribution in [0.15, 0.2) is 0 Å². The van der Waals surface area contributed by atoms with Crippen molar-refractivity contribution in [2.45, 2.75) is 70.3 Å². The summed E-state index contributed by atoms with van der Waals surface area (Å²) in [5.41, 5.74) is 0. The average Bonchev–Trinajstić information content (AvgIpc) is 2.47. The molecule has 4 nitrogen and oxygen atoms in total. The minimum Gasteiger partial charge on any atom is -0.378 e. The quantitative estimate of drug-likeness (QED) is 0.741. The van der Waals surface area contributed by atoms with Gasteiger partial charge in [-0.25, -0.2) is 0 Å². The molecule has 1 saturated heterocycles. The Morgan fingerprint density at radius 1 is 1.00 bits per heavy atom. The average molecular weight is 296 g/mol. The molecule has 0 aromatic rings. The molecule has 122 valence electrons. The molecule has 1 saturated carbocycles. The third-order valence-electron chi connectivity index (χ3n) is 4.74. The summed E-state index contributed by atoms with van der Waals surface area (Å²) in [6.07, 6.45) is 12.1. The summed E-state index contributed by atoms with van der Waals surface area (Å²) >= 11 is 0. The molecule has 0 aromatic heterocycles. The summed E-state index contributed by atoms with van der Waals surface area (Å²) in [5, 5.41) is 6.45. The first-order valence-electron chi connectivity index (χ1n) is 8.96. The lowest BCUT2D eigenvalue weighted by Gasteiger charge is -2.23. The summed E-state index contributed by atoms with van der Waals surface area (Å²) in [5.74, 6) is 0.536. The van der Waals surface area contributed by atoms with Gasteiger partial charge in [0.05, 0.1) is 6.10 Å². The Morgan fingerprint density at radius 3 is 2.38 bits per heavy atom. The second-order valence-corrected chi connectivity index (χ2v) is 6.51. The lowest BCUT2D eigenvalue weighted by molar-refractivity contribution is -0.125. The maximum absolute atomic E-state index is 12.2. The summed E-state index contributed by atoms with van der Waals surface area (Å²) in [7, 11) is 0. The Labute approximate surface area is 129 Å². The van der Waals surface area contributed by atoms with Crippen LogP contribution in [-0.4, -0.2) is 38.3 Å². The van der Waals surface area contributed by atoms with Gasteiger partial charge in [-0.05, 0) is 45.2 Å². The van der Waals surface area contributed by atoms with Crippen molar-refractivity contribution in [2.75, 3.05) is 26.2 Å². The van der Waals surface area contributed by atoms with E-state index in [2.05, 4.69) is 10.6 Å². The van der Waals surface area contributed by atoms with Crippen molar-refractivity contribution in [3.05, 3.63) is 0 Å². The van der Waals surface area contributed by atoms with E-state index in [4.69, 9.17) is 4.74 Å². The van der Waals surface area contributed by atoms with E-state index in [-0.39, 0.29) is 11.8 Å². The first-order chi connectivity index (χ1) is 10.4. The van der Waals surface area contributed by atoms with Crippen molar-refractivity contribution in [3.8, 4) is 0 Å². The van der Waals surface area contributed by atoms with E-state index in [9.17, 15) is 4.79 Å². The molecule has 1 heterocycles. The molecule has 2 fully saturated rings. The van der Waals surface area contributed by atoms with Crippen molar-refractivity contribution in [1.82, 2.24) is 10.6 Å². The normalized spacial score (nSPS) is 22.5. The lowest BCUT2D eigenvalue weighted by Crippen LogP contribution is -2.34. The predicted octanol–water partition coefficient (Wildman–Crippen LogP) is 2.62. The molecule has 1 amide bonds. The van der Waals surface area contributed by atoms with Crippen LogP contribution in [0.3, 0.4) is 0 Å². The Kier molecular flexibility index (Phi) is 8.12. The maximum atomic E-state index is 12.2. The van der Waals surface area contributed by atoms with Crippen LogP contribution in [0.2, 0.25) is 0 Å². The standard InChI is InChI=1S/C17H32N2O2/c20-17(15-7-4-2-1-3-5-8-15)19-11-6-14-21-16-9-12-18-13-10-16/h15-16,18H,1-14H2,(H,19,20). The first kappa shape index (κ1) is 16.8. The van der Waals surface area contributed by atoms with E-state index < -0.39 is 0 Å². The number of hydrogen-bond acceptors (Lipinski definition) is 3. The molecular weight excluding hydrogens is 264 g/mol.